The number of amides is 1. The van der Waals surface area contributed by atoms with Gasteiger partial charge in [-0.05, 0) is 44.8 Å². The van der Waals surface area contributed by atoms with E-state index < -0.39 is 4.92 Å². The Balaban J connectivity index is 1.66. The van der Waals surface area contributed by atoms with Gasteiger partial charge < -0.3 is 19.7 Å². The van der Waals surface area contributed by atoms with Gasteiger partial charge in [0, 0.05) is 18.7 Å². The Morgan fingerprint density at radius 2 is 1.92 bits per heavy atom. The first kappa shape index (κ1) is 18.4. The molecule has 1 saturated heterocycles. The summed E-state index contributed by atoms with van der Waals surface area (Å²) < 4.78 is 10.9. The van der Waals surface area contributed by atoms with Gasteiger partial charge in [0.15, 0.2) is 11.5 Å². The molecule has 2 aliphatic heterocycles. The van der Waals surface area contributed by atoms with Crippen molar-refractivity contribution in [2.45, 2.75) is 25.7 Å². The van der Waals surface area contributed by atoms with Crippen LogP contribution in [0.4, 0.5) is 5.69 Å². The molecule has 0 bridgehead atoms. The van der Waals surface area contributed by atoms with Crippen LogP contribution in [-0.4, -0.2) is 55.6 Å². The molecule has 1 N–H and O–H groups in total. The van der Waals surface area contributed by atoms with Gasteiger partial charge in [-0.1, -0.05) is 0 Å². The molecule has 0 saturated carbocycles. The molecule has 1 fully saturated rings. The Morgan fingerprint density at radius 1 is 1.27 bits per heavy atom. The van der Waals surface area contributed by atoms with Crippen molar-refractivity contribution in [2.75, 3.05) is 39.9 Å². The minimum atomic E-state index is -0.467. The summed E-state index contributed by atoms with van der Waals surface area (Å²) in [7, 11) is 1.94. The van der Waals surface area contributed by atoms with Gasteiger partial charge in [0.1, 0.15) is 13.2 Å². The number of likely N-dealkylation sites (tertiary alicyclic amines) is 1. The van der Waals surface area contributed by atoms with E-state index in [0.717, 1.165) is 25.8 Å². The number of nitrogens with zero attached hydrogens (tertiary/aromatic N) is 2. The van der Waals surface area contributed by atoms with Crippen LogP contribution in [0.1, 0.15) is 24.8 Å². The molecule has 1 aromatic carbocycles. The standard InChI is InChI=1S/C18H25N3O5/c1-19-5-2-13-3-6-20(7-4-13)18(22)11-14-10-16-17(26-9-8-25-16)12-15(14)21(23)24/h10,12-13,19H,2-9,11H2,1H3. The lowest BCUT2D eigenvalue weighted by molar-refractivity contribution is -0.385. The van der Waals surface area contributed by atoms with E-state index in [1.165, 1.54) is 6.07 Å². The molecule has 0 radical (unpaired) electrons. The number of carbonyl (C=O) groups excluding carboxylic acids is 1. The number of hydrogen-bond donors (Lipinski definition) is 1. The SMILES string of the molecule is CNCCC1CCN(C(=O)Cc2cc3c(cc2[N+](=O)[O-])OCCO3)CC1. The third-order valence-electron chi connectivity index (χ3n) is 5.05. The zero-order valence-corrected chi connectivity index (χ0v) is 15.0. The fraction of sp³-hybridized carbons (Fsp3) is 0.611. The maximum absolute atomic E-state index is 12.7. The molecule has 0 aromatic heterocycles. The fourth-order valence-corrected chi connectivity index (χ4v) is 3.53. The lowest BCUT2D eigenvalue weighted by Crippen LogP contribution is -2.39. The third kappa shape index (κ3) is 4.24. The van der Waals surface area contributed by atoms with Gasteiger partial charge >= 0.3 is 0 Å². The Kier molecular flexibility index (Phi) is 5.92. The molecule has 2 aliphatic rings. The molecule has 1 amide bonds. The fourth-order valence-electron chi connectivity index (χ4n) is 3.53. The van der Waals surface area contributed by atoms with Gasteiger partial charge in [-0.3, -0.25) is 14.9 Å². The van der Waals surface area contributed by atoms with E-state index in [-0.39, 0.29) is 18.0 Å². The molecule has 142 valence electrons. The van der Waals surface area contributed by atoms with Crippen molar-refractivity contribution in [1.29, 1.82) is 0 Å². The predicted octanol–water partition coefficient (Wildman–Crippen LogP) is 1.76. The number of fused-ring (bicyclic) bond motifs is 1. The maximum atomic E-state index is 12.7. The highest BCUT2D eigenvalue weighted by atomic mass is 16.6. The summed E-state index contributed by atoms with van der Waals surface area (Å²) in [6.07, 6.45) is 3.09. The lowest BCUT2D eigenvalue weighted by atomic mass is 9.93. The summed E-state index contributed by atoms with van der Waals surface area (Å²) in [4.78, 5) is 25.4. The Hall–Kier alpha value is -2.35. The summed E-state index contributed by atoms with van der Waals surface area (Å²) in [5.74, 6) is 1.40. The van der Waals surface area contributed by atoms with Crippen molar-refractivity contribution in [3.8, 4) is 11.5 Å². The molecule has 0 unspecified atom stereocenters. The quantitative estimate of drug-likeness (QED) is 0.611. The van der Waals surface area contributed by atoms with Crippen LogP contribution >= 0.6 is 0 Å². The number of ether oxygens (including phenoxy) is 2. The molecule has 26 heavy (non-hydrogen) atoms. The van der Waals surface area contributed by atoms with Crippen LogP contribution in [-0.2, 0) is 11.2 Å². The molecule has 2 heterocycles. The number of benzene rings is 1. The largest absolute Gasteiger partial charge is 0.486 e. The van der Waals surface area contributed by atoms with Crippen molar-refractivity contribution >= 4 is 11.6 Å². The van der Waals surface area contributed by atoms with Crippen molar-refractivity contribution in [1.82, 2.24) is 10.2 Å². The van der Waals surface area contributed by atoms with Crippen LogP contribution in [0.5, 0.6) is 11.5 Å². The highest BCUT2D eigenvalue weighted by molar-refractivity contribution is 5.80. The summed E-state index contributed by atoms with van der Waals surface area (Å²) in [6, 6.07) is 2.94. The van der Waals surface area contributed by atoms with Gasteiger partial charge in [-0.2, -0.15) is 0 Å². The van der Waals surface area contributed by atoms with Crippen LogP contribution in [0.15, 0.2) is 12.1 Å². The van der Waals surface area contributed by atoms with Crippen molar-refractivity contribution in [3.05, 3.63) is 27.8 Å². The number of rotatable bonds is 6. The van der Waals surface area contributed by atoms with E-state index >= 15 is 0 Å². The molecular formula is C18H25N3O5. The van der Waals surface area contributed by atoms with E-state index in [9.17, 15) is 14.9 Å². The smallest absolute Gasteiger partial charge is 0.277 e. The number of piperidine rings is 1. The Bertz CT molecular complexity index is 671. The topological polar surface area (TPSA) is 93.9 Å². The molecule has 0 aliphatic carbocycles. The first-order valence-electron chi connectivity index (χ1n) is 9.07. The zero-order valence-electron chi connectivity index (χ0n) is 15.0. The maximum Gasteiger partial charge on any atom is 0.277 e. The van der Waals surface area contributed by atoms with Crippen LogP contribution in [0.25, 0.3) is 0 Å². The van der Waals surface area contributed by atoms with Crippen molar-refractivity contribution in [2.24, 2.45) is 5.92 Å². The Morgan fingerprint density at radius 3 is 2.54 bits per heavy atom. The van der Waals surface area contributed by atoms with Gasteiger partial charge in [-0.25, -0.2) is 0 Å². The average Bonchev–Trinajstić information content (AvgIpc) is 2.66. The average molecular weight is 363 g/mol. The predicted molar refractivity (Wildman–Crippen MR) is 95.6 cm³/mol. The number of hydrogen-bond acceptors (Lipinski definition) is 6. The first-order valence-corrected chi connectivity index (χ1v) is 9.07. The van der Waals surface area contributed by atoms with Crippen LogP contribution in [0.3, 0.4) is 0 Å². The lowest BCUT2D eigenvalue weighted by Gasteiger charge is -2.32. The monoisotopic (exact) mass is 363 g/mol. The molecular weight excluding hydrogens is 338 g/mol. The second-order valence-corrected chi connectivity index (χ2v) is 6.77. The Labute approximate surface area is 152 Å². The molecule has 8 nitrogen and oxygen atoms in total. The number of nitrogens with one attached hydrogen (secondary N) is 1. The second kappa shape index (κ2) is 8.35. The molecule has 8 heteroatoms. The zero-order chi connectivity index (χ0) is 18.5. The highest BCUT2D eigenvalue weighted by Gasteiger charge is 2.27. The van der Waals surface area contributed by atoms with Gasteiger partial charge in [-0.15, -0.1) is 0 Å². The molecule has 0 spiro atoms. The summed E-state index contributed by atoms with van der Waals surface area (Å²) in [6.45, 7) is 3.18. The van der Waals surface area contributed by atoms with Gasteiger partial charge in [0.2, 0.25) is 5.91 Å². The van der Waals surface area contributed by atoms with Crippen LogP contribution in [0.2, 0.25) is 0 Å². The molecule has 0 atom stereocenters. The van der Waals surface area contributed by atoms with E-state index in [4.69, 9.17) is 9.47 Å². The summed E-state index contributed by atoms with van der Waals surface area (Å²) in [5.41, 5.74) is 0.285. The third-order valence-corrected chi connectivity index (χ3v) is 5.05. The van der Waals surface area contributed by atoms with E-state index in [0.29, 0.717) is 49.3 Å². The number of carbonyl (C=O) groups is 1. The number of nitro groups is 1. The molecule has 3 rings (SSSR count). The first-order chi connectivity index (χ1) is 12.6. The van der Waals surface area contributed by atoms with Crippen LogP contribution < -0.4 is 14.8 Å². The summed E-state index contributed by atoms with van der Waals surface area (Å²) in [5, 5.41) is 14.5. The van der Waals surface area contributed by atoms with E-state index in [1.54, 1.807) is 6.07 Å². The second-order valence-electron chi connectivity index (χ2n) is 6.77. The van der Waals surface area contributed by atoms with Crippen molar-refractivity contribution in [3.63, 3.8) is 0 Å². The number of nitro benzene ring substituents is 1. The van der Waals surface area contributed by atoms with E-state index in [2.05, 4.69) is 5.32 Å². The van der Waals surface area contributed by atoms with Gasteiger partial charge in [0.25, 0.3) is 5.69 Å². The van der Waals surface area contributed by atoms with E-state index in [1.807, 2.05) is 11.9 Å². The van der Waals surface area contributed by atoms with Crippen LogP contribution in [0, 0.1) is 16.0 Å². The molecule has 1 aromatic rings. The van der Waals surface area contributed by atoms with Gasteiger partial charge in [0.05, 0.1) is 17.4 Å². The normalized spacial score (nSPS) is 17.2. The minimum absolute atomic E-state index is 0.00807. The summed E-state index contributed by atoms with van der Waals surface area (Å²) >= 11 is 0. The minimum Gasteiger partial charge on any atom is -0.486 e. The highest BCUT2D eigenvalue weighted by Crippen LogP contribution is 2.37. The van der Waals surface area contributed by atoms with Crippen molar-refractivity contribution < 1.29 is 19.2 Å².